The Hall–Kier alpha value is -3.19. The Kier molecular flexibility index (Phi) is 6.61. The third-order valence-corrected chi connectivity index (χ3v) is 4.79. The van der Waals surface area contributed by atoms with Gasteiger partial charge in [0.25, 0.3) is 11.5 Å². The van der Waals surface area contributed by atoms with E-state index in [1.807, 2.05) is 43.3 Å². The Balaban J connectivity index is 1.75. The molecule has 0 fully saturated rings. The molecule has 1 aromatic heterocycles. The highest BCUT2D eigenvalue weighted by Crippen LogP contribution is 2.21. The molecule has 1 N–H and O–H groups in total. The molecule has 7 heteroatoms. The average Bonchev–Trinajstić information content (AvgIpc) is 2.71. The van der Waals surface area contributed by atoms with Crippen molar-refractivity contribution >= 4 is 28.1 Å². The number of hydrazone groups is 1. The van der Waals surface area contributed by atoms with Crippen molar-refractivity contribution in [2.24, 2.45) is 5.10 Å². The normalized spacial score (nSPS) is 10.9. The number of benzene rings is 2. The molecule has 0 aliphatic carbocycles. The number of carbonyl (C=O) groups is 1. The molecule has 2 aromatic carbocycles. The third kappa shape index (κ3) is 5.20. The van der Waals surface area contributed by atoms with Crippen LogP contribution >= 0.6 is 15.9 Å². The molecule has 0 spiro atoms. The van der Waals surface area contributed by atoms with Crippen LogP contribution in [0, 0.1) is 6.92 Å². The number of pyridine rings is 1. The van der Waals surface area contributed by atoms with Crippen LogP contribution in [0.15, 0.2) is 75.2 Å². The largest absolute Gasteiger partial charge is 0.496 e. The van der Waals surface area contributed by atoms with Gasteiger partial charge in [-0.05, 0) is 42.8 Å². The molecule has 0 atom stereocenters. The number of aromatic nitrogens is 1. The monoisotopic (exact) mass is 453 g/mol. The van der Waals surface area contributed by atoms with Crippen LogP contribution in [-0.4, -0.2) is 23.8 Å². The summed E-state index contributed by atoms with van der Waals surface area (Å²) in [5, 5.41) is 3.96. The molecule has 0 saturated heterocycles. The highest BCUT2D eigenvalue weighted by atomic mass is 79.9. The van der Waals surface area contributed by atoms with Crippen molar-refractivity contribution in [3.63, 3.8) is 0 Å². The van der Waals surface area contributed by atoms with Crippen LogP contribution < -0.4 is 15.7 Å². The molecule has 0 saturated carbocycles. The topological polar surface area (TPSA) is 72.7 Å². The highest BCUT2D eigenvalue weighted by molar-refractivity contribution is 9.10. The Morgan fingerprint density at radius 1 is 1.21 bits per heavy atom. The Bertz CT molecular complexity index is 1110. The van der Waals surface area contributed by atoms with Gasteiger partial charge in [0.05, 0.1) is 19.9 Å². The second kappa shape index (κ2) is 9.34. The second-order valence-electron chi connectivity index (χ2n) is 6.43. The van der Waals surface area contributed by atoms with Gasteiger partial charge in [0.2, 0.25) is 0 Å². The maximum absolute atomic E-state index is 12.7. The van der Waals surface area contributed by atoms with Crippen molar-refractivity contribution in [1.82, 2.24) is 9.99 Å². The molecule has 0 radical (unpaired) electrons. The molecule has 29 heavy (non-hydrogen) atoms. The summed E-state index contributed by atoms with van der Waals surface area (Å²) in [6.45, 7) is 2.39. The van der Waals surface area contributed by atoms with Crippen molar-refractivity contribution < 1.29 is 9.53 Å². The van der Waals surface area contributed by atoms with Crippen LogP contribution in [0.4, 0.5) is 0 Å². The lowest BCUT2D eigenvalue weighted by Gasteiger charge is -2.08. The van der Waals surface area contributed by atoms with Crippen LogP contribution in [0.1, 0.15) is 27.0 Å². The second-order valence-corrected chi connectivity index (χ2v) is 7.34. The lowest BCUT2D eigenvalue weighted by molar-refractivity contribution is 0.0953. The first-order valence-electron chi connectivity index (χ1n) is 8.90. The van der Waals surface area contributed by atoms with E-state index >= 15 is 0 Å². The minimum atomic E-state index is -0.571. The number of carbonyl (C=O) groups excluding carboxylic acids is 1. The van der Waals surface area contributed by atoms with E-state index in [1.165, 1.54) is 16.8 Å². The zero-order valence-electron chi connectivity index (χ0n) is 16.1. The molecule has 0 aliphatic heterocycles. The quantitative estimate of drug-likeness (QED) is 0.456. The summed E-state index contributed by atoms with van der Waals surface area (Å²) in [7, 11) is 1.56. The molecule has 0 unspecified atom stereocenters. The standard InChI is InChI=1S/C22H20BrN3O3/c1-15-5-7-16(8-6-15)14-26-11-3-4-19(22(26)28)21(27)25-24-13-17-12-18(23)9-10-20(17)29-2/h3-13H,14H2,1-2H3,(H,25,27)/b24-13-. The number of amides is 1. The summed E-state index contributed by atoms with van der Waals surface area (Å²) < 4.78 is 7.62. The molecule has 1 heterocycles. The minimum Gasteiger partial charge on any atom is -0.496 e. The van der Waals surface area contributed by atoms with Gasteiger partial charge in [-0.3, -0.25) is 9.59 Å². The van der Waals surface area contributed by atoms with Crippen molar-refractivity contribution in [3.05, 3.63) is 97.9 Å². The number of nitrogens with zero attached hydrogens (tertiary/aromatic N) is 2. The van der Waals surface area contributed by atoms with Crippen LogP contribution in [0.25, 0.3) is 0 Å². The van der Waals surface area contributed by atoms with Crippen molar-refractivity contribution in [1.29, 1.82) is 0 Å². The first-order chi connectivity index (χ1) is 14.0. The van der Waals surface area contributed by atoms with Gasteiger partial charge < -0.3 is 9.30 Å². The highest BCUT2D eigenvalue weighted by Gasteiger charge is 2.12. The van der Waals surface area contributed by atoms with Crippen molar-refractivity contribution in [2.75, 3.05) is 7.11 Å². The molecule has 3 aromatic rings. The summed E-state index contributed by atoms with van der Waals surface area (Å²) in [6.07, 6.45) is 3.13. The summed E-state index contributed by atoms with van der Waals surface area (Å²) in [5.74, 6) is 0.0461. The first kappa shape index (κ1) is 20.5. The molecule has 148 valence electrons. The van der Waals surface area contributed by atoms with Gasteiger partial charge in [-0.2, -0.15) is 5.10 Å². The minimum absolute atomic E-state index is 0.0259. The number of methoxy groups -OCH3 is 1. The third-order valence-electron chi connectivity index (χ3n) is 4.30. The number of ether oxygens (including phenoxy) is 1. The summed E-state index contributed by atoms with van der Waals surface area (Å²) in [5.41, 5.74) is 4.87. The molecule has 3 rings (SSSR count). The Morgan fingerprint density at radius 3 is 2.69 bits per heavy atom. The van der Waals surface area contributed by atoms with Gasteiger partial charge in [-0.25, -0.2) is 5.43 Å². The maximum Gasteiger partial charge on any atom is 0.276 e. The SMILES string of the molecule is COc1ccc(Br)cc1/C=N\NC(=O)c1cccn(Cc2ccc(C)cc2)c1=O. The van der Waals surface area contributed by atoms with Crippen molar-refractivity contribution in [3.8, 4) is 5.75 Å². The van der Waals surface area contributed by atoms with E-state index in [4.69, 9.17) is 4.74 Å². The summed E-state index contributed by atoms with van der Waals surface area (Å²) in [6, 6.07) is 16.5. The number of halogens is 1. The summed E-state index contributed by atoms with van der Waals surface area (Å²) in [4.78, 5) is 25.1. The van der Waals surface area contributed by atoms with Crippen LogP contribution in [-0.2, 0) is 6.54 Å². The molecular formula is C22H20BrN3O3. The van der Waals surface area contributed by atoms with E-state index in [1.54, 1.807) is 25.4 Å². The van der Waals surface area contributed by atoms with Crippen molar-refractivity contribution in [2.45, 2.75) is 13.5 Å². The van der Waals surface area contributed by atoms with Gasteiger partial charge in [0.1, 0.15) is 11.3 Å². The number of rotatable bonds is 6. The molecule has 6 nitrogen and oxygen atoms in total. The molecule has 0 aliphatic rings. The van der Waals surface area contributed by atoms with Crippen LogP contribution in [0.2, 0.25) is 0 Å². The summed E-state index contributed by atoms with van der Waals surface area (Å²) >= 11 is 3.38. The Labute approximate surface area is 177 Å². The van der Waals surface area contributed by atoms with E-state index in [2.05, 4.69) is 26.5 Å². The van der Waals surface area contributed by atoms with Crippen LogP contribution in [0.3, 0.4) is 0 Å². The first-order valence-corrected chi connectivity index (χ1v) is 9.69. The van der Waals surface area contributed by atoms with E-state index in [-0.39, 0.29) is 11.1 Å². The predicted octanol–water partition coefficient (Wildman–Crippen LogP) is 3.74. The van der Waals surface area contributed by atoms with E-state index in [0.29, 0.717) is 17.9 Å². The average molecular weight is 454 g/mol. The number of nitrogens with one attached hydrogen (secondary N) is 1. The molecule has 1 amide bonds. The molecule has 0 bridgehead atoms. The zero-order valence-corrected chi connectivity index (χ0v) is 17.6. The van der Waals surface area contributed by atoms with Gasteiger partial charge >= 0.3 is 0 Å². The van der Waals surface area contributed by atoms with Crippen LogP contribution in [0.5, 0.6) is 5.75 Å². The number of aryl methyl sites for hydroxylation is 1. The smallest absolute Gasteiger partial charge is 0.276 e. The number of hydrogen-bond donors (Lipinski definition) is 1. The van der Waals surface area contributed by atoms with Gasteiger partial charge in [0.15, 0.2) is 0 Å². The fourth-order valence-corrected chi connectivity index (χ4v) is 3.13. The van der Waals surface area contributed by atoms with Gasteiger partial charge in [-0.1, -0.05) is 45.8 Å². The maximum atomic E-state index is 12.7. The van der Waals surface area contributed by atoms with Gasteiger partial charge in [0, 0.05) is 16.2 Å². The zero-order chi connectivity index (χ0) is 20.8. The Morgan fingerprint density at radius 2 is 1.97 bits per heavy atom. The fraction of sp³-hybridized carbons (Fsp3) is 0.136. The van der Waals surface area contributed by atoms with E-state index in [0.717, 1.165) is 15.6 Å². The molecular weight excluding hydrogens is 434 g/mol. The predicted molar refractivity (Wildman–Crippen MR) is 117 cm³/mol. The van der Waals surface area contributed by atoms with E-state index < -0.39 is 5.91 Å². The lowest BCUT2D eigenvalue weighted by Crippen LogP contribution is -2.30. The van der Waals surface area contributed by atoms with E-state index in [9.17, 15) is 9.59 Å². The lowest BCUT2D eigenvalue weighted by atomic mass is 10.1. The fourth-order valence-electron chi connectivity index (χ4n) is 2.75. The van der Waals surface area contributed by atoms with Gasteiger partial charge in [-0.15, -0.1) is 0 Å². The number of hydrogen-bond acceptors (Lipinski definition) is 4.